The summed E-state index contributed by atoms with van der Waals surface area (Å²) in [4.78, 5) is 8.56. The van der Waals surface area contributed by atoms with Gasteiger partial charge in [-0.25, -0.2) is 4.99 Å². The van der Waals surface area contributed by atoms with E-state index < -0.39 is 0 Å². The highest BCUT2D eigenvalue weighted by Gasteiger charge is 2.41. The maximum Gasteiger partial charge on any atom is 0.282 e. The molecule has 0 saturated carbocycles. The molecule has 2 aliphatic rings. The maximum absolute atomic E-state index is 5.67. The molecule has 1 aromatic carbocycles. The van der Waals surface area contributed by atoms with Crippen LogP contribution in [0.4, 0.5) is 0 Å². The number of nitrogens with zero attached hydrogens (tertiary/aromatic N) is 2. The van der Waals surface area contributed by atoms with Crippen molar-refractivity contribution in [1.82, 2.24) is 4.98 Å². The predicted octanol–water partition coefficient (Wildman–Crippen LogP) is 1.93. The summed E-state index contributed by atoms with van der Waals surface area (Å²) in [5.41, 5.74) is 10.6. The van der Waals surface area contributed by atoms with Crippen molar-refractivity contribution >= 4 is 6.02 Å². The third-order valence-corrected chi connectivity index (χ3v) is 4.10. The number of fused-ring (bicyclic) bond motifs is 1. The van der Waals surface area contributed by atoms with Gasteiger partial charge in [0.15, 0.2) is 0 Å². The van der Waals surface area contributed by atoms with Gasteiger partial charge in [-0.15, -0.1) is 0 Å². The van der Waals surface area contributed by atoms with Crippen molar-refractivity contribution < 1.29 is 4.74 Å². The minimum atomic E-state index is -0.163. The number of ether oxygens (including phenoxy) is 1. The Labute approximate surface area is 117 Å². The Morgan fingerprint density at radius 1 is 1.00 bits per heavy atom. The first-order valence-corrected chi connectivity index (χ1v) is 6.74. The van der Waals surface area contributed by atoms with Gasteiger partial charge < -0.3 is 10.5 Å². The molecular weight excluding hydrogens is 250 g/mol. The SMILES string of the molecule is NC1=NC2(CO1)Cc1ccc(-c3ccncc3)cc1C2. The Hall–Kier alpha value is -2.36. The Morgan fingerprint density at radius 3 is 2.55 bits per heavy atom. The highest BCUT2D eigenvalue weighted by atomic mass is 16.5. The van der Waals surface area contributed by atoms with Gasteiger partial charge in [0.2, 0.25) is 0 Å². The smallest absolute Gasteiger partial charge is 0.282 e. The number of rotatable bonds is 1. The molecule has 4 rings (SSSR count). The highest BCUT2D eigenvalue weighted by Crippen LogP contribution is 2.37. The first-order chi connectivity index (χ1) is 9.74. The number of amidine groups is 1. The second-order valence-electron chi connectivity index (χ2n) is 5.54. The molecule has 1 aromatic heterocycles. The van der Waals surface area contributed by atoms with Crippen molar-refractivity contribution in [3.8, 4) is 11.1 Å². The molecule has 2 N–H and O–H groups in total. The fourth-order valence-electron chi connectivity index (χ4n) is 3.15. The van der Waals surface area contributed by atoms with Gasteiger partial charge >= 0.3 is 0 Å². The monoisotopic (exact) mass is 265 g/mol. The molecule has 0 saturated heterocycles. The molecule has 4 heteroatoms. The van der Waals surface area contributed by atoms with Crippen molar-refractivity contribution in [3.63, 3.8) is 0 Å². The van der Waals surface area contributed by atoms with Gasteiger partial charge in [0.25, 0.3) is 6.02 Å². The molecule has 0 radical (unpaired) electrons. The molecule has 100 valence electrons. The highest BCUT2D eigenvalue weighted by molar-refractivity contribution is 5.74. The minimum Gasteiger partial charge on any atom is -0.463 e. The second-order valence-corrected chi connectivity index (χ2v) is 5.54. The molecule has 2 heterocycles. The number of hydrogen-bond acceptors (Lipinski definition) is 4. The summed E-state index contributed by atoms with van der Waals surface area (Å²) in [6.45, 7) is 0.595. The van der Waals surface area contributed by atoms with Crippen LogP contribution in [0.2, 0.25) is 0 Å². The van der Waals surface area contributed by atoms with E-state index >= 15 is 0 Å². The first kappa shape index (κ1) is 11.5. The predicted molar refractivity (Wildman–Crippen MR) is 77.4 cm³/mol. The zero-order valence-electron chi connectivity index (χ0n) is 11.0. The van der Waals surface area contributed by atoms with E-state index in [0.717, 1.165) is 12.8 Å². The topological polar surface area (TPSA) is 60.5 Å². The summed E-state index contributed by atoms with van der Waals surface area (Å²) in [7, 11) is 0. The molecule has 0 fully saturated rings. The molecule has 1 spiro atoms. The van der Waals surface area contributed by atoms with Gasteiger partial charge in [-0.3, -0.25) is 4.98 Å². The molecule has 1 aliphatic heterocycles. The Morgan fingerprint density at radius 2 is 1.80 bits per heavy atom. The summed E-state index contributed by atoms with van der Waals surface area (Å²) in [5, 5.41) is 0. The summed E-state index contributed by atoms with van der Waals surface area (Å²) in [6.07, 6.45) is 5.46. The van der Waals surface area contributed by atoms with Crippen LogP contribution in [0, 0.1) is 0 Å². The molecule has 20 heavy (non-hydrogen) atoms. The van der Waals surface area contributed by atoms with Crippen LogP contribution in [-0.4, -0.2) is 23.2 Å². The van der Waals surface area contributed by atoms with Crippen LogP contribution in [0.1, 0.15) is 11.1 Å². The molecule has 0 amide bonds. The fraction of sp³-hybridized carbons (Fsp3) is 0.250. The third-order valence-electron chi connectivity index (χ3n) is 4.10. The lowest BCUT2D eigenvalue weighted by molar-refractivity contribution is 0.258. The number of pyridine rings is 1. The largest absolute Gasteiger partial charge is 0.463 e. The average Bonchev–Trinajstić information content (AvgIpc) is 3.01. The number of aromatic nitrogens is 1. The van der Waals surface area contributed by atoms with Crippen molar-refractivity contribution in [2.24, 2.45) is 10.7 Å². The lowest BCUT2D eigenvalue weighted by atomic mass is 9.98. The van der Waals surface area contributed by atoms with Gasteiger partial charge in [0.05, 0.1) is 0 Å². The lowest BCUT2D eigenvalue weighted by Gasteiger charge is -2.15. The van der Waals surface area contributed by atoms with E-state index in [9.17, 15) is 0 Å². The van der Waals surface area contributed by atoms with Crippen LogP contribution >= 0.6 is 0 Å². The number of aliphatic imine (C=N–C) groups is 1. The fourth-order valence-corrected chi connectivity index (χ4v) is 3.15. The van der Waals surface area contributed by atoms with Crippen LogP contribution < -0.4 is 5.73 Å². The average molecular weight is 265 g/mol. The van der Waals surface area contributed by atoms with E-state index in [0.29, 0.717) is 12.6 Å². The van der Waals surface area contributed by atoms with Crippen molar-refractivity contribution in [2.75, 3.05) is 6.61 Å². The van der Waals surface area contributed by atoms with Crippen LogP contribution in [0.15, 0.2) is 47.7 Å². The van der Waals surface area contributed by atoms with Crippen LogP contribution in [0.25, 0.3) is 11.1 Å². The van der Waals surface area contributed by atoms with E-state index in [1.807, 2.05) is 24.5 Å². The van der Waals surface area contributed by atoms with Gasteiger partial charge in [0.1, 0.15) is 12.1 Å². The van der Waals surface area contributed by atoms with Crippen LogP contribution in [0.3, 0.4) is 0 Å². The van der Waals surface area contributed by atoms with E-state index in [2.05, 4.69) is 28.2 Å². The van der Waals surface area contributed by atoms with E-state index in [1.54, 1.807) is 0 Å². The van der Waals surface area contributed by atoms with Crippen LogP contribution in [-0.2, 0) is 17.6 Å². The van der Waals surface area contributed by atoms with Gasteiger partial charge in [0, 0.05) is 25.2 Å². The quantitative estimate of drug-likeness (QED) is 0.857. The zero-order valence-corrected chi connectivity index (χ0v) is 11.0. The summed E-state index contributed by atoms with van der Waals surface area (Å²) >= 11 is 0. The van der Waals surface area contributed by atoms with Gasteiger partial charge in [-0.1, -0.05) is 18.2 Å². The van der Waals surface area contributed by atoms with Crippen molar-refractivity contribution in [2.45, 2.75) is 18.4 Å². The third kappa shape index (κ3) is 1.76. The molecule has 1 aliphatic carbocycles. The second kappa shape index (κ2) is 4.07. The summed E-state index contributed by atoms with van der Waals surface area (Å²) < 4.78 is 5.36. The Balaban J connectivity index is 1.70. The van der Waals surface area contributed by atoms with Gasteiger partial charge in [-0.2, -0.15) is 0 Å². The Bertz CT molecular complexity index is 696. The van der Waals surface area contributed by atoms with Gasteiger partial charge in [-0.05, 0) is 34.4 Å². The lowest BCUT2D eigenvalue weighted by Crippen LogP contribution is -2.28. The molecule has 1 atom stereocenters. The van der Waals surface area contributed by atoms with E-state index in [-0.39, 0.29) is 5.54 Å². The first-order valence-electron chi connectivity index (χ1n) is 6.74. The standard InChI is InChI=1S/C16H15N3O/c17-15-19-16(10-20-15)8-13-2-1-12(7-14(13)9-16)11-3-5-18-6-4-11/h1-7H,8-10H2,(H2,17,19). The normalized spacial score (nSPS) is 23.5. The van der Waals surface area contributed by atoms with Crippen molar-refractivity contribution in [3.05, 3.63) is 53.9 Å². The molecule has 4 nitrogen and oxygen atoms in total. The maximum atomic E-state index is 5.67. The van der Waals surface area contributed by atoms with Crippen LogP contribution in [0.5, 0.6) is 0 Å². The molecule has 2 aromatic rings. The number of benzene rings is 1. The number of hydrogen-bond donors (Lipinski definition) is 1. The number of nitrogens with two attached hydrogens (primary N) is 1. The molecule has 1 unspecified atom stereocenters. The molecule has 0 bridgehead atoms. The zero-order chi connectivity index (χ0) is 13.6. The van der Waals surface area contributed by atoms with E-state index in [4.69, 9.17) is 10.5 Å². The van der Waals surface area contributed by atoms with Crippen molar-refractivity contribution in [1.29, 1.82) is 0 Å². The van der Waals surface area contributed by atoms with E-state index in [1.165, 1.54) is 22.3 Å². The molecular formula is C16H15N3O. The summed E-state index contributed by atoms with van der Waals surface area (Å²) in [5.74, 6) is 0. The summed E-state index contributed by atoms with van der Waals surface area (Å²) in [6, 6.07) is 11.0. The Kier molecular flexibility index (Phi) is 2.33. The minimum absolute atomic E-state index is 0.163.